The van der Waals surface area contributed by atoms with E-state index >= 15 is 0 Å². The summed E-state index contributed by atoms with van der Waals surface area (Å²) in [5.74, 6) is -1.05. The lowest BCUT2D eigenvalue weighted by Crippen LogP contribution is -2.24. The zero-order valence-electron chi connectivity index (χ0n) is 14.9. The van der Waals surface area contributed by atoms with Crippen molar-refractivity contribution in [2.75, 3.05) is 26.7 Å². The first kappa shape index (κ1) is 19.1. The van der Waals surface area contributed by atoms with Crippen LogP contribution >= 0.6 is 11.6 Å². The average Bonchev–Trinajstić information content (AvgIpc) is 2.79. The quantitative estimate of drug-likeness (QED) is 0.626. The molecule has 1 atom stereocenters. The Kier molecular flexibility index (Phi) is 5.62. The number of rotatable bonds is 5. The number of carbonyl (C=O) groups is 1. The Morgan fingerprint density at radius 1 is 1.41 bits per heavy atom. The van der Waals surface area contributed by atoms with E-state index in [9.17, 15) is 14.9 Å². The Hall–Kier alpha value is -2.64. The average molecular weight is 390 g/mol. The summed E-state index contributed by atoms with van der Waals surface area (Å²) in [6, 6.07) is 11.3. The van der Waals surface area contributed by atoms with Gasteiger partial charge in [-0.05, 0) is 30.7 Å². The second-order valence-electron chi connectivity index (χ2n) is 6.60. The number of hydrogen-bond donors (Lipinski definition) is 1. The van der Waals surface area contributed by atoms with Gasteiger partial charge in [0.05, 0.1) is 9.95 Å². The van der Waals surface area contributed by atoms with Crippen LogP contribution in [-0.4, -0.2) is 42.5 Å². The van der Waals surface area contributed by atoms with Crippen molar-refractivity contribution in [1.29, 1.82) is 0 Å². The molecule has 1 aliphatic rings. The minimum Gasteiger partial charge on any atom is -0.476 e. The van der Waals surface area contributed by atoms with E-state index in [1.807, 2.05) is 37.4 Å². The van der Waals surface area contributed by atoms with Gasteiger partial charge in [0.25, 0.3) is 5.91 Å². The van der Waals surface area contributed by atoms with Gasteiger partial charge in [0, 0.05) is 24.6 Å². The first-order valence-electron chi connectivity index (χ1n) is 8.52. The van der Waals surface area contributed by atoms with Crippen LogP contribution in [0.4, 0.5) is 5.69 Å². The van der Waals surface area contributed by atoms with Crippen molar-refractivity contribution in [2.45, 2.75) is 12.3 Å². The highest BCUT2D eigenvalue weighted by molar-refractivity contribution is 6.32. The molecule has 2 aromatic rings. The number of carbonyl (C=O) groups excluding carboxylic acids is 1. The molecular formula is C19H20ClN3O4. The number of primary amides is 1. The van der Waals surface area contributed by atoms with Crippen molar-refractivity contribution in [3.05, 3.63) is 68.2 Å². The first-order valence-corrected chi connectivity index (χ1v) is 8.90. The summed E-state index contributed by atoms with van der Waals surface area (Å²) in [4.78, 5) is 24.8. The molecule has 142 valence electrons. The Labute approximate surface area is 161 Å². The molecule has 2 N–H and O–H groups in total. The molecule has 7 nitrogen and oxygen atoms in total. The summed E-state index contributed by atoms with van der Waals surface area (Å²) in [7, 11) is 1.99. The Balaban J connectivity index is 2.24. The summed E-state index contributed by atoms with van der Waals surface area (Å²) in [5, 5.41) is 12.1. The number of amides is 1. The largest absolute Gasteiger partial charge is 0.476 e. The molecule has 0 bridgehead atoms. The number of nitro groups is 1. The fourth-order valence-corrected chi connectivity index (χ4v) is 3.78. The molecule has 2 aromatic carbocycles. The van der Waals surface area contributed by atoms with Gasteiger partial charge in [-0.2, -0.15) is 0 Å². The van der Waals surface area contributed by atoms with E-state index in [0.29, 0.717) is 18.5 Å². The number of likely N-dealkylation sites (N-methyl/N-ethyl adjacent to an activating group) is 1. The maximum absolute atomic E-state index is 12.0. The molecule has 0 saturated heterocycles. The van der Waals surface area contributed by atoms with Gasteiger partial charge in [0.1, 0.15) is 0 Å². The molecule has 1 amide bonds. The number of nitrogens with two attached hydrogens (primary N) is 1. The Morgan fingerprint density at radius 2 is 2.11 bits per heavy atom. The number of fused-ring (bicyclic) bond motifs is 1. The summed E-state index contributed by atoms with van der Waals surface area (Å²) in [6.07, 6.45) is 0.631. The second-order valence-corrected chi connectivity index (χ2v) is 7.00. The third-order valence-corrected chi connectivity index (χ3v) is 4.96. The van der Waals surface area contributed by atoms with Gasteiger partial charge in [-0.25, -0.2) is 0 Å². The SMILES string of the molecule is CN1CCc2cc(Cl)c(OCC(N)=O)c([N+](=O)[O-])c2[C@@H](c2ccccc2)C1. The van der Waals surface area contributed by atoms with Crippen LogP contribution in [0.5, 0.6) is 5.75 Å². The third-order valence-electron chi connectivity index (χ3n) is 4.68. The molecule has 3 rings (SSSR count). The van der Waals surface area contributed by atoms with Crippen LogP contribution in [0.1, 0.15) is 22.6 Å². The fraction of sp³-hybridized carbons (Fsp3) is 0.316. The Bertz CT molecular complexity index is 873. The zero-order valence-corrected chi connectivity index (χ0v) is 15.6. The van der Waals surface area contributed by atoms with Gasteiger partial charge in [0.2, 0.25) is 5.75 Å². The second kappa shape index (κ2) is 7.94. The molecule has 0 unspecified atom stereocenters. The lowest BCUT2D eigenvalue weighted by molar-refractivity contribution is -0.386. The maximum Gasteiger partial charge on any atom is 0.316 e. The summed E-state index contributed by atoms with van der Waals surface area (Å²) >= 11 is 6.28. The fourth-order valence-electron chi connectivity index (χ4n) is 3.50. The maximum atomic E-state index is 12.0. The number of ether oxygens (including phenoxy) is 1. The highest BCUT2D eigenvalue weighted by atomic mass is 35.5. The predicted octanol–water partition coefficient (Wildman–Crippen LogP) is 2.73. The number of halogens is 1. The smallest absolute Gasteiger partial charge is 0.316 e. The van der Waals surface area contributed by atoms with E-state index in [1.54, 1.807) is 6.07 Å². The molecule has 1 aliphatic heterocycles. The van der Waals surface area contributed by atoms with E-state index in [4.69, 9.17) is 22.1 Å². The van der Waals surface area contributed by atoms with Crippen LogP contribution < -0.4 is 10.5 Å². The van der Waals surface area contributed by atoms with Crippen molar-refractivity contribution in [1.82, 2.24) is 4.90 Å². The molecule has 1 heterocycles. The van der Waals surface area contributed by atoms with E-state index in [0.717, 1.165) is 17.7 Å². The van der Waals surface area contributed by atoms with Crippen molar-refractivity contribution < 1.29 is 14.5 Å². The van der Waals surface area contributed by atoms with E-state index in [-0.39, 0.29) is 22.4 Å². The van der Waals surface area contributed by atoms with Crippen LogP contribution in [0, 0.1) is 10.1 Å². The zero-order chi connectivity index (χ0) is 19.6. The summed E-state index contributed by atoms with van der Waals surface area (Å²) in [6.45, 7) is 0.898. The van der Waals surface area contributed by atoms with Gasteiger partial charge in [0.15, 0.2) is 6.61 Å². The van der Waals surface area contributed by atoms with Crippen LogP contribution in [0.2, 0.25) is 5.02 Å². The summed E-state index contributed by atoms with van der Waals surface area (Å²) < 4.78 is 5.35. The molecule has 0 spiro atoms. The standard InChI is InChI=1S/C19H20ClN3O4/c1-22-8-7-13-9-15(20)19(27-11-16(21)24)18(23(25)26)17(13)14(10-22)12-5-3-2-4-6-12/h2-6,9,14H,7-8,10-11H2,1H3,(H2,21,24)/t14-/m1/s1. The topological polar surface area (TPSA) is 98.7 Å². The molecular weight excluding hydrogens is 370 g/mol. The lowest BCUT2D eigenvalue weighted by Gasteiger charge is -2.22. The molecule has 27 heavy (non-hydrogen) atoms. The van der Waals surface area contributed by atoms with Crippen molar-refractivity contribution in [3.63, 3.8) is 0 Å². The monoisotopic (exact) mass is 389 g/mol. The molecule has 0 fully saturated rings. The predicted molar refractivity (Wildman–Crippen MR) is 102 cm³/mol. The van der Waals surface area contributed by atoms with E-state index in [1.165, 1.54) is 0 Å². The minimum absolute atomic E-state index is 0.107. The van der Waals surface area contributed by atoms with Gasteiger partial charge < -0.3 is 15.4 Å². The van der Waals surface area contributed by atoms with Gasteiger partial charge >= 0.3 is 5.69 Å². The molecule has 0 radical (unpaired) electrons. The van der Waals surface area contributed by atoms with Crippen molar-refractivity contribution >= 4 is 23.2 Å². The van der Waals surface area contributed by atoms with Crippen LogP contribution in [0.25, 0.3) is 0 Å². The van der Waals surface area contributed by atoms with Gasteiger partial charge in [-0.3, -0.25) is 14.9 Å². The number of nitro benzene ring substituents is 1. The number of hydrogen-bond acceptors (Lipinski definition) is 5. The van der Waals surface area contributed by atoms with Gasteiger partial charge in [-0.15, -0.1) is 0 Å². The van der Waals surface area contributed by atoms with Crippen LogP contribution in [0.3, 0.4) is 0 Å². The number of nitrogens with zero attached hydrogens (tertiary/aromatic N) is 2. The van der Waals surface area contributed by atoms with Crippen LogP contribution in [0.15, 0.2) is 36.4 Å². The highest BCUT2D eigenvalue weighted by Crippen LogP contribution is 2.46. The number of benzene rings is 2. The van der Waals surface area contributed by atoms with Crippen LogP contribution in [-0.2, 0) is 11.2 Å². The van der Waals surface area contributed by atoms with Crippen molar-refractivity contribution in [2.24, 2.45) is 5.73 Å². The molecule has 0 aromatic heterocycles. The Morgan fingerprint density at radius 3 is 2.74 bits per heavy atom. The molecule has 0 aliphatic carbocycles. The lowest BCUT2D eigenvalue weighted by atomic mass is 9.86. The molecule has 8 heteroatoms. The normalized spacial score (nSPS) is 17.0. The highest BCUT2D eigenvalue weighted by Gasteiger charge is 2.35. The van der Waals surface area contributed by atoms with E-state index < -0.39 is 17.4 Å². The first-order chi connectivity index (χ1) is 12.9. The minimum atomic E-state index is -0.727. The summed E-state index contributed by atoms with van der Waals surface area (Å²) in [5.41, 5.74) is 7.31. The molecule has 0 saturated carbocycles. The van der Waals surface area contributed by atoms with Gasteiger partial charge in [-0.1, -0.05) is 41.9 Å². The third kappa shape index (κ3) is 4.04. The van der Waals surface area contributed by atoms with E-state index in [2.05, 4.69) is 4.90 Å². The van der Waals surface area contributed by atoms with Crippen molar-refractivity contribution in [3.8, 4) is 5.75 Å².